The molecule has 0 aliphatic carbocycles. The van der Waals surface area contributed by atoms with Gasteiger partial charge >= 0.3 is 0 Å². The molecule has 0 aliphatic heterocycles. The second-order valence-corrected chi connectivity index (χ2v) is 6.09. The Hall–Kier alpha value is -1.15. The second kappa shape index (κ2) is 8.21. The molecule has 0 atom stereocenters. The van der Waals surface area contributed by atoms with Gasteiger partial charge in [-0.15, -0.1) is 12.4 Å². The minimum Gasteiger partial charge on any atom is -0.325 e. The molecule has 1 aromatic carbocycles. The summed E-state index contributed by atoms with van der Waals surface area (Å²) >= 11 is 0. The van der Waals surface area contributed by atoms with E-state index in [0.29, 0.717) is 5.69 Å². The zero-order valence-corrected chi connectivity index (χ0v) is 13.3. The third-order valence-corrected chi connectivity index (χ3v) is 3.85. The van der Waals surface area contributed by atoms with Crippen LogP contribution in [-0.2, 0) is 14.8 Å². The van der Waals surface area contributed by atoms with E-state index in [1.807, 2.05) is 0 Å². The van der Waals surface area contributed by atoms with Crippen molar-refractivity contribution in [3.8, 4) is 0 Å². The van der Waals surface area contributed by atoms with Gasteiger partial charge in [0.05, 0.1) is 11.4 Å². The van der Waals surface area contributed by atoms with Crippen molar-refractivity contribution in [1.82, 2.24) is 10.0 Å². The van der Waals surface area contributed by atoms with Gasteiger partial charge in [0.25, 0.3) is 0 Å². The number of anilines is 1. The summed E-state index contributed by atoms with van der Waals surface area (Å²) in [4.78, 5) is 11.5. The van der Waals surface area contributed by atoms with E-state index in [-0.39, 0.29) is 35.8 Å². The summed E-state index contributed by atoms with van der Waals surface area (Å²) in [5.41, 5.74) is 0.559. The molecule has 8 heteroatoms. The standard InChI is InChI=1S/C12H19N3O3S.ClH/c1-9(2)15-19(17,18)11-6-4-10(5-7-11)14-12(16)8-13-3;/h4-7,9,13,15H,8H2,1-3H3,(H,14,16);1H. The van der Waals surface area contributed by atoms with Crippen LogP contribution in [0.4, 0.5) is 5.69 Å². The van der Waals surface area contributed by atoms with Crippen molar-refractivity contribution in [2.75, 3.05) is 18.9 Å². The first-order valence-electron chi connectivity index (χ1n) is 5.92. The number of carbonyl (C=O) groups is 1. The predicted octanol–water partition coefficient (Wildman–Crippen LogP) is 0.953. The fourth-order valence-electron chi connectivity index (χ4n) is 1.46. The van der Waals surface area contributed by atoms with Crippen molar-refractivity contribution in [3.63, 3.8) is 0 Å². The summed E-state index contributed by atoms with van der Waals surface area (Å²) in [6.07, 6.45) is 0. The quantitative estimate of drug-likeness (QED) is 0.728. The number of halogens is 1. The van der Waals surface area contributed by atoms with Gasteiger partial charge in [-0.2, -0.15) is 0 Å². The van der Waals surface area contributed by atoms with Crippen molar-refractivity contribution in [2.24, 2.45) is 0 Å². The number of hydrogen-bond acceptors (Lipinski definition) is 4. The van der Waals surface area contributed by atoms with E-state index in [9.17, 15) is 13.2 Å². The molecule has 0 bridgehead atoms. The fraction of sp³-hybridized carbons (Fsp3) is 0.417. The maximum atomic E-state index is 11.9. The first kappa shape index (κ1) is 18.9. The van der Waals surface area contributed by atoms with Crippen LogP contribution in [-0.4, -0.2) is 34.0 Å². The number of carbonyl (C=O) groups excluding carboxylic acids is 1. The Labute approximate surface area is 125 Å². The molecule has 1 aromatic rings. The third-order valence-electron chi connectivity index (χ3n) is 2.18. The summed E-state index contributed by atoms with van der Waals surface area (Å²) in [6.45, 7) is 3.71. The van der Waals surface area contributed by atoms with Gasteiger partial charge in [-0.1, -0.05) is 0 Å². The minimum atomic E-state index is -3.49. The number of rotatable bonds is 6. The maximum absolute atomic E-state index is 11.9. The fourth-order valence-corrected chi connectivity index (χ4v) is 2.71. The lowest BCUT2D eigenvalue weighted by atomic mass is 10.3. The van der Waals surface area contributed by atoms with E-state index in [1.54, 1.807) is 33.0 Å². The molecular weight excluding hydrogens is 302 g/mol. The Bertz CT molecular complexity index is 529. The second-order valence-electron chi connectivity index (χ2n) is 4.38. The lowest BCUT2D eigenvalue weighted by Gasteiger charge is -2.10. The SMILES string of the molecule is CNCC(=O)Nc1ccc(S(=O)(=O)NC(C)C)cc1.Cl. The molecule has 0 unspecified atom stereocenters. The van der Waals surface area contributed by atoms with Crippen molar-refractivity contribution < 1.29 is 13.2 Å². The normalized spacial score (nSPS) is 11.0. The predicted molar refractivity (Wildman–Crippen MR) is 81.7 cm³/mol. The molecule has 0 aromatic heterocycles. The maximum Gasteiger partial charge on any atom is 0.240 e. The molecule has 3 N–H and O–H groups in total. The number of sulfonamides is 1. The summed E-state index contributed by atoms with van der Waals surface area (Å²) in [5.74, 6) is -0.182. The van der Waals surface area contributed by atoms with Crippen LogP contribution in [0.3, 0.4) is 0 Å². The molecule has 0 saturated carbocycles. The summed E-state index contributed by atoms with van der Waals surface area (Å²) in [5, 5.41) is 5.37. The number of likely N-dealkylation sites (N-methyl/N-ethyl adjacent to an activating group) is 1. The van der Waals surface area contributed by atoms with E-state index < -0.39 is 10.0 Å². The van der Waals surface area contributed by atoms with Crippen molar-refractivity contribution >= 4 is 34.0 Å². The van der Waals surface area contributed by atoms with Gasteiger partial charge in [-0.05, 0) is 45.2 Å². The van der Waals surface area contributed by atoms with Gasteiger partial charge in [0.15, 0.2) is 0 Å². The highest BCUT2D eigenvalue weighted by Crippen LogP contribution is 2.14. The van der Waals surface area contributed by atoms with E-state index in [1.165, 1.54) is 12.1 Å². The van der Waals surface area contributed by atoms with Gasteiger partial charge < -0.3 is 10.6 Å². The highest BCUT2D eigenvalue weighted by molar-refractivity contribution is 7.89. The average molecular weight is 322 g/mol. The van der Waals surface area contributed by atoms with Gasteiger partial charge in [-0.3, -0.25) is 4.79 Å². The van der Waals surface area contributed by atoms with Crippen molar-refractivity contribution in [2.45, 2.75) is 24.8 Å². The zero-order valence-electron chi connectivity index (χ0n) is 11.6. The summed E-state index contributed by atoms with van der Waals surface area (Å²) < 4.78 is 26.2. The van der Waals surface area contributed by atoms with Crippen LogP contribution in [0.15, 0.2) is 29.2 Å². The summed E-state index contributed by atoms with van der Waals surface area (Å²) in [6, 6.07) is 5.87. The molecule has 1 amide bonds. The molecule has 0 radical (unpaired) electrons. The molecule has 0 heterocycles. The van der Waals surface area contributed by atoms with Crippen molar-refractivity contribution in [1.29, 1.82) is 0 Å². The molecule has 114 valence electrons. The van der Waals surface area contributed by atoms with E-state index >= 15 is 0 Å². The smallest absolute Gasteiger partial charge is 0.240 e. The zero-order chi connectivity index (χ0) is 14.5. The molecule has 20 heavy (non-hydrogen) atoms. The van der Waals surface area contributed by atoms with Crippen LogP contribution >= 0.6 is 12.4 Å². The van der Waals surface area contributed by atoms with Crippen molar-refractivity contribution in [3.05, 3.63) is 24.3 Å². The number of benzene rings is 1. The van der Waals surface area contributed by atoms with E-state index in [4.69, 9.17) is 0 Å². The van der Waals surface area contributed by atoms with Crippen LogP contribution in [0.25, 0.3) is 0 Å². The average Bonchev–Trinajstić information content (AvgIpc) is 2.28. The Morgan fingerprint density at radius 3 is 2.20 bits per heavy atom. The Balaban J connectivity index is 0.00000361. The topological polar surface area (TPSA) is 87.3 Å². The minimum absolute atomic E-state index is 0. The van der Waals surface area contributed by atoms with E-state index in [0.717, 1.165) is 0 Å². The molecule has 0 aliphatic rings. The Kier molecular flexibility index (Phi) is 7.74. The van der Waals surface area contributed by atoms with E-state index in [2.05, 4.69) is 15.4 Å². The highest BCUT2D eigenvalue weighted by Gasteiger charge is 2.14. The first-order valence-corrected chi connectivity index (χ1v) is 7.40. The first-order chi connectivity index (χ1) is 8.85. The van der Waals surface area contributed by atoms with Gasteiger partial charge in [0.1, 0.15) is 0 Å². The molecule has 0 spiro atoms. The highest BCUT2D eigenvalue weighted by atomic mass is 35.5. The van der Waals surface area contributed by atoms with Gasteiger partial charge in [-0.25, -0.2) is 13.1 Å². The molecule has 6 nitrogen and oxygen atoms in total. The third kappa shape index (κ3) is 5.87. The van der Waals surface area contributed by atoms with Crippen LogP contribution in [0.2, 0.25) is 0 Å². The molecule has 0 saturated heterocycles. The largest absolute Gasteiger partial charge is 0.325 e. The van der Waals surface area contributed by atoms with Crippen LogP contribution in [0.5, 0.6) is 0 Å². The lowest BCUT2D eigenvalue weighted by molar-refractivity contribution is -0.115. The van der Waals surface area contributed by atoms with Crippen LogP contribution in [0, 0.1) is 0 Å². The van der Waals surface area contributed by atoms with Crippen LogP contribution < -0.4 is 15.4 Å². The molecule has 1 rings (SSSR count). The Morgan fingerprint density at radius 1 is 1.20 bits per heavy atom. The lowest BCUT2D eigenvalue weighted by Crippen LogP contribution is -2.30. The molecule has 0 fully saturated rings. The van der Waals surface area contributed by atoms with Gasteiger partial charge in [0.2, 0.25) is 15.9 Å². The summed E-state index contributed by atoms with van der Waals surface area (Å²) in [7, 11) is -1.82. The number of hydrogen-bond donors (Lipinski definition) is 3. The monoisotopic (exact) mass is 321 g/mol. The van der Waals surface area contributed by atoms with Crippen LogP contribution in [0.1, 0.15) is 13.8 Å². The van der Waals surface area contributed by atoms with Gasteiger partial charge in [0, 0.05) is 11.7 Å². The Morgan fingerprint density at radius 2 is 1.75 bits per heavy atom. The number of nitrogens with one attached hydrogen (secondary N) is 3. The number of amides is 1. The molecular formula is C12H20ClN3O3S.